The van der Waals surface area contributed by atoms with Gasteiger partial charge < -0.3 is 15.5 Å². The second-order valence-electron chi connectivity index (χ2n) is 8.04. The maximum Gasteiger partial charge on any atom is 0.219 e. The van der Waals surface area contributed by atoms with E-state index in [4.69, 9.17) is 5.41 Å². The second-order valence-corrected chi connectivity index (χ2v) is 8.04. The molecule has 3 N–H and O–H groups in total. The largest absolute Gasteiger partial charge is 0.388 e. The molecule has 8 heteroatoms. The summed E-state index contributed by atoms with van der Waals surface area (Å²) in [6.07, 6.45) is 6.50. The number of aryl methyl sites for hydroxylation is 1. The molecule has 0 atom stereocenters. The van der Waals surface area contributed by atoms with Crippen LogP contribution in [-0.4, -0.2) is 46.1 Å². The number of amidine groups is 1. The molecule has 0 bridgehead atoms. The van der Waals surface area contributed by atoms with Crippen molar-refractivity contribution in [2.45, 2.75) is 26.2 Å². The third kappa shape index (κ3) is 4.37. The number of anilines is 1. The Labute approximate surface area is 175 Å². The van der Waals surface area contributed by atoms with E-state index in [0.29, 0.717) is 42.1 Å². The zero-order valence-corrected chi connectivity index (χ0v) is 17.3. The van der Waals surface area contributed by atoms with Gasteiger partial charge in [-0.2, -0.15) is 5.10 Å². The Morgan fingerprint density at radius 3 is 2.83 bits per heavy atom. The van der Waals surface area contributed by atoms with Gasteiger partial charge in [0.05, 0.1) is 18.4 Å². The lowest BCUT2D eigenvalue weighted by molar-refractivity contribution is -0.128. The van der Waals surface area contributed by atoms with E-state index < -0.39 is 5.82 Å². The molecular formula is C22H27FN6O. The van der Waals surface area contributed by atoms with Gasteiger partial charge in [-0.25, -0.2) is 4.39 Å². The predicted molar refractivity (Wildman–Crippen MR) is 115 cm³/mol. The Balaban J connectivity index is 1.58. The third-order valence-corrected chi connectivity index (χ3v) is 5.67. The van der Waals surface area contributed by atoms with Crippen LogP contribution in [0, 0.1) is 17.1 Å². The fourth-order valence-electron chi connectivity index (χ4n) is 3.67. The maximum atomic E-state index is 15.2. The van der Waals surface area contributed by atoms with Gasteiger partial charge in [-0.05, 0) is 24.8 Å². The predicted octanol–water partition coefficient (Wildman–Crippen LogP) is 3.12. The number of benzene rings is 1. The topological polar surface area (TPSA) is 86.0 Å². The summed E-state index contributed by atoms with van der Waals surface area (Å²) in [5.41, 5.74) is 3.02. The summed E-state index contributed by atoms with van der Waals surface area (Å²) in [6.45, 7) is 3.40. The number of halogens is 1. The zero-order valence-electron chi connectivity index (χ0n) is 17.3. The van der Waals surface area contributed by atoms with Gasteiger partial charge in [-0.3, -0.25) is 14.9 Å². The number of nitrogens with zero attached hydrogens (tertiary/aromatic N) is 3. The number of aromatic nitrogens is 2. The van der Waals surface area contributed by atoms with Crippen LogP contribution in [0.15, 0.2) is 41.9 Å². The van der Waals surface area contributed by atoms with Crippen molar-refractivity contribution in [2.24, 2.45) is 13.0 Å². The first-order valence-corrected chi connectivity index (χ1v) is 10.3. The van der Waals surface area contributed by atoms with Crippen LogP contribution in [0.4, 0.5) is 10.1 Å². The molecule has 0 spiro atoms. The molecule has 2 aromatic rings. The van der Waals surface area contributed by atoms with Crippen molar-refractivity contribution in [2.75, 3.05) is 25.0 Å². The molecule has 1 aromatic heterocycles. The molecule has 2 aliphatic rings. The average molecular weight is 410 g/mol. The molecule has 1 aliphatic carbocycles. The van der Waals surface area contributed by atoms with Crippen molar-refractivity contribution >= 4 is 17.4 Å². The molecule has 0 unspecified atom stereocenters. The van der Waals surface area contributed by atoms with Crippen molar-refractivity contribution in [3.05, 3.63) is 47.7 Å². The fourth-order valence-corrected chi connectivity index (χ4v) is 3.67. The van der Waals surface area contributed by atoms with Gasteiger partial charge in [-0.15, -0.1) is 0 Å². The molecule has 2 heterocycles. The molecule has 1 saturated carbocycles. The number of carbonyl (C=O) groups excluding carboxylic acids is 1. The molecular weight excluding hydrogens is 383 g/mol. The van der Waals surface area contributed by atoms with Gasteiger partial charge in [0, 0.05) is 62.1 Å². The Bertz CT molecular complexity index is 1010. The highest BCUT2D eigenvalue weighted by molar-refractivity contribution is 6.07. The monoisotopic (exact) mass is 410 g/mol. The lowest BCUT2D eigenvalue weighted by Gasteiger charge is -2.31. The van der Waals surface area contributed by atoms with Crippen LogP contribution in [0.25, 0.3) is 11.1 Å². The van der Waals surface area contributed by atoms with Crippen LogP contribution in [0.2, 0.25) is 0 Å². The quantitative estimate of drug-likeness (QED) is 0.505. The van der Waals surface area contributed by atoms with Crippen LogP contribution in [0.1, 0.15) is 26.2 Å². The minimum atomic E-state index is -0.428. The van der Waals surface area contributed by atoms with E-state index in [2.05, 4.69) is 15.7 Å². The fraction of sp³-hybridized carbons (Fsp3) is 0.409. The molecule has 1 aliphatic heterocycles. The van der Waals surface area contributed by atoms with E-state index in [1.807, 2.05) is 0 Å². The standard InChI is InChI=1S/C22H27FN6O/c1-14(30)29-9-8-19(25-10-15-6-7-15)18(13-29)22(24)27-20-5-3-4-17(21(20)23)16-11-26-28(2)12-16/h3-5,11-12,15,25H,6-10,13H2,1-2H3,(H2,24,27). The van der Waals surface area contributed by atoms with E-state index in [9.17, 15) is 4.79 Å². The average Bonchev–Trinajstić information content (AvgIpc) is 3.46. The van der Waals surface area contributed by atoms with Crippen molar-refractivity contribution < 1.29 is 9.18 Å². The van der Waals surface area contributed by atoms with Crippen LogP contribution in [0.3, 0.4) is 0 Å². The SMILES string of the molecule is CC(=O)N1CCC(NCC2CC2)=C(C(=N)Nc2cccc(-c3cnn(C)c3)c2F)C1. The van der Waals surface area contributed by atoms with Crippen molar-refractivity contribution in [3.8, 4) is 11.1 Å². The normalized spacial score (nSPS) is 16.6. The van der Waals surface area contributed by atoms with Gasteiger partial charge in [0.1, 0.15) is 5.84 Å². The number of hydrogen-bond donors (Lipinski definition) is 3. The lowest BCUT2D eigenvalue weighted by Crippen LogP contribution is -2.41. The molecule has 1 fully saturated rings. The minimum absolute atomic E-state index is 0.0219. The summed E-state index contributed by atoms with van der Waals surface area (Å²) < 4.78 is 16.8. The number of hydrogen-bond acceptors (Lipinski definition) is 4. The van der Waals surface area contributed by atoms with Gasteiger partial charge in [0.2, 0.25) is 5.91 Å². The van der Waals surface area contributed by atoms with Crippen LogP contribution >= 0.6 is 0 Å². The lowest BCUT2D eigenvalue weighted by atomic mass is 10.0. The Kier molecular flexibility index (Phi) is 5.57. The van der Waals surface area contributed by atoms with E-state index in [-0.39, 0.29) is 17.4 Å². The number of nitrogens with one attached hydrogen (secondary N) is 3. The first kappa shape index (κ1) is 20.1. The summed E-state index contributed by atoms with van der Waals surface area (Å²) in [4.78, 5) is 13.6. The van der Waals surface area contributed by atoms with E-state index in [1.165, 1.54) is 19.8 Å². The summed E-state index contributed by atoms with van der Waals surface area (Å²) >= 11 is 0. The van der Waals surface area contributed by atoms with Gasteiger partial charge in [-0.1, -0.05) is 12.1 Å². The van der Waals surface area contributed by atoms with E-state index >= 15 is 4.39 Å². The van der Waals surface area contributed by atoms with E-state index in [1.54, 1.807) is 47.2 Å². The third-order valence-electron chi connectivity index (χ3n) is 5.67. The zero-order chi connectivity index (χ0) is 21.3. The molecule has 1 amide bonds. The van der Waals surface area contributed by atoms with Crippen molar-refractivity contribution in [1.82, 2.24) is 20.0 Å². The number of rotatable bonds is 6. The van der Waals surface area contributed by atoms with E-state index in [0.717, 1.165) is 12.2 Å². The van der Waals surface area contributed by atoms with Crippen molar-refractivity contribution in [1.29, 1.82) is 5.41 Å². The molecule has 158 valence electrons. The summed E-state index contributed by atoms with van der Waals surface area (Å²) in [5, 5.41) is 19.1. The Morgan fingerprint density at radius 2 is 2.17 bits per heavy atom. The Hall–Kier alpha value is -3.16. The summed E-state index contributed by atoms with van der Waals surface area (Å²) in [7, 11) is 1.78. The Morgan fingerprint density at radius 1 is 1.37 bits per heavy atom. The second kappa shape index (κ2) is 8.30. The van der Waals surface area contributed by atoms with Crippen molar-refractivity contribution in [3.63, 3.8) is 0 Å². The molecule has 0 radical (unpaired) electrons. The minimum Gasteiger partial charge on any atom is -0.388 e. The first-order valence-electron chi connectivity index (χ1n) is 10.3. The molecule has 7 nitrogen and oxygen atoms in total. The highest BCUT2D eigenvalue weighted by Crippen LogP contribution is 2.30. The molecule has 1 aromatic carbocycles. The van der Waals surface area contributed by atoms with Crippen LogP contribution < -0.4 is 10.6 Å². The smallest absolute Gasteiger partial charge is 0.219 e. The number of amides is 1. The van der Waals surface area contributed by atoms with Gasteiger partial charge in [0.25, 0.3) is 0 Å². The number of carbonyl (C=O) groups is 1. The first-order chi connectivity index (χ1) is 14.4. The molecule has 4 rings (SSSR count). The highest BCUT2D eigenvalue weighted by atomic mass is 19.1. The van der Waals surface area contributed by atoms with Gasteiger partial charge in [0.15, 0.2) is 5.82 Å². The van der Waals surface area contributed by atoms with Crippen LogP contribution in [0.5, 0.6) is 0 Å². The summed E-state index contributed by atoms with van der Waals surface area (Å²) in [6, 6.07) is 5.07. The molecule has 0 saturated heterocycles. The molecule has 30 heavy (non-hydrogen) atoms. The maximum absolute atomic E-state index is 15.2. The van der Waals surface area contributed by atoms with Crippen LogP contribution in [-0.2, 0) is 11.8 Å². The highest BCUT2D eigenvalue weighted by Gasteiger charge is 2.26. The summed E-state index contributed by atoms with van der Waals surface area (Å²) in [5.74, 6) is 0.357. The van der Waals surface area contributed by atoms with Gasteiger partial charge >= 0.3 is 0 Å².